The van der Waals surface area contributed by atoms with Crippen molar-refractivity contribution in [1.82, 2.24) is 24.7 Å². The number of rotatable bonds is 7. The number of halogens is 2. The first kappa shape index (κ1) is 26.9. The highest BCUT2D eigenvalue weighted by atomic mass is 19.1. The summed E-state index contributed by atoms with van der Waals surface area (Å²) in [6.45, 7) is 8.40. The smallest absolute Gasteiger partial charge is 0.167 e. The quantitative estimate of drug-likeness (QED) is 0.360. The summed E-state index contributed by atoms with van der Waals surface area (Å²) < 4.78 is 35.0. The van der Waals surface area contributed by atoms with E-state index < -0.39 is 22.8 Å². The number of aliphatic hydroxyl groups is 2. The number of aryl methyl sites for hydroxylation is 1. The van der Waals surface area contributed by atoms with Gasteiger partial charge in [-0.3, -0.25) is 9.67 Å². The molecule has 4 heterocycles. The second-order valence-electron chi connectivity index (χ2n) is 10.5. The van der Waals surface area contributed by atoms with Crippen LogP contribution in [0.3, 0.4) is 0 Å². The van der Waals surface area contributed by atoms with Crippen LogP contribution in [0.2, 0.25) is 0 Å². The maximum Gasteiger partial charge on any atom is 0.167 e. The molecule has 1 aromatic carbocycles. The summed E-state index contributed by atoms with van der Waals surface area (Å²) in [7, 11) is 0. The molecule has 0 saturated carbocycles. The van der Waals surface area contributed by atoms with E-state index in [1.165, 1.54) is 32.9 Å². The van der Waals surface area contributed by atoms with E-state index >= 15 is 0 Å². The lowest BCUT2D eigenvalue weighted by Crippen LogP contribution is -2.45. The number of ether oxygens (including phenoxy) is 1. The number of aromatic nitrogens is 5. The Labute approximate surface area is 225 Å². The summed E-state index contributed by atoms with van der Waals surface area (Å²) in [6, 6.07) is 4.95. The van der Waals surface area contributed by atoms with Crippen LogP contribution in [0.1, 0.15) is 46.2 Å². The van der Waals surface area contributed by atoms with Crippen LogP contribution in [0.15, 0.2) is 42.9 Å². The van der Waals surface area contributed by atoms with Crippen molar-refractivity contribution in [1.29, 1.82) is 0 Å². The Morgan fingerprint density at radius 3 is 2.41 bits per heavy atom. The van der Waals surface area contributed by atoms with E-state index in [4.69, 9.17) is 14.7 Å². The molecule has 1 atom stereocenters. The Kier molecular flexibility index (Phi) is 6.98. The van der Waals surface area contributed by atoms with Crippen molar-refractivity contribution in [3.05, 3.63) is 60.2 Å². The van der Waals surface area contributed by atoms with Gasteiger partial charge in [-0.25, -0.2) is 18.7 Å². The number of hydrogen-bond acceptors (Lipinski definition) is 8. The zero-order valence-corrected chi connectivity index (χ0v) is 22.4. The predicted molar refractivity (Wildman–Crippen MR) is 142 cm³/mol. The Bertz CT molecular complexity index is 1490. The summed E-state index contributed by atoms with van der Waals surface area (Å²) in [5.74, 6) is -0.693. The van der Waals surface area contributed by atoms with E-state index in [-0.39, 0.29) is 17.5 Å². The first-order valence-corrected chi connectivity index (χ1v) is 13.0. The van der Waals surface area contributed by atoms with Gasteiger partial charge in [-0.2, -0.15) is 5.10 Å². The van der Waals surface area contributed by atoms with Crippen molar-refractivity contribution >= 4 is 16.9 Å². The van der Waals surface area contributed by atoms with Gasteiger partial charge in [0, 0.05) is 50.3 Å². The predicted octanol–water partition coefficient (Wildman–Crippen LogP) is 4.21. The molecule has 3 aromatic heterocycles. The van der Waals surface area contributed by atoms with Crippen molar-refractivity contribution in [2.45, 2.75) is 64.4 Å². The largest absolute Gasteiger partial charge is 0.487 e. The average molecular weight is 539 g/mol. The third-order valence-corrected chi connectivity index (χ3v) is 7.38. The fraction of sp³-hybridized carbons (Fsp3) is 0.429. The van der Waals surface area contributed by atoms with Gasteiger partial charge in [-0.1, -0.05) is 0 Å². The molecule has 1 aliphatic rings. The Balaban J connectivity index is 1.48. The molecule has 206 valence electrons. The Morgan fingerprint density at radius 1 is 1.03 bits per heavy atom. The molecule has 39 heavy (non-hydrogen) atoms. The summed E-state index contributed by atoms with van der Waals surface area (Å²) in [4.78, 5) is 16.3. The summed E-state index contributed by atoms with van der Waals surface area (Å²) in [5.41, 5.74) is -0.255. The molecule has 0 radical (unpaired) electrons. The van der Waals surface area contributed by atoms with Crippen LogP contribution in [0.25, 0.3) is 22.3 Å². The monoisotopic (exact) mass is 538 g/mol. The summed E-state index contributed by atoms with van der Waals surface area (Å²) in [6.07, 6.45) is 6.16. The van der Waals surface area contributed by atoms with Crippen LogP contribution < -0.4 is 9.64 Å². The van der Waals surface area contributed by atoms with Crippen LogP contribution >= 0.6 is 0 Å². The highest BCUT2D eigenvalue weighted by molar-refractivity contribution is 5.83. The van der Waals surface area contributed by atoms with Gasteiger partial charge in [-0.15, -0.1) is 0 Å². The number of pyridine rings is 1. The molecule has 0 aliphatic carbocycles. The molecule has 0 amide bonds. The number of fused-ring (bicyclic) bond motifs is 1. The number of piperidine rings is 1. The second-order valence-corrected chi connectivity index (χ2v) is 10.5. The first-order chi connectivity index (χ1) is 18.5. The first-order valence-electron chi connectivity index (χ1n) is 13.0. The van der Waals surface area contributed by atoms with Crippen LogP contribution in [-0.4, -0.2) is 59.7 Å². The van der Waals surface area contributed by atoms with Crippen molar-refractivity contribution in [3.63, 3.8) is 0 Å². The molecular formula is C28H32F2N6O3. The molecular weight excluding hydrogens is 506 g/mol. The molecule has 5 rings (SSSR count). The third-order valence-electron chi connectivity index (χ3n) is 7.38. The maximum atomic E-state index is 14.1. The van der Waals surface area contributed by atoms with E-state index in [1.807, 2.05) is 17.8 Å². The molecule has 9 nitrogen and oxygen atoms in total. The number of hydrogen-bond donors (Lipinski definition) is 2. The van der Waals surface area contributed by atoms with Gasteiger partial charge >= 0.3 is 0 Å². The maximum absolute atomic E-state index is 14.1. The second kappa shape index (κ2) is 10.1. The van der Waals surface area contributed by atoms with E-state index in [0.29, 0.717) is 55.0 Å². The van der Waals surface area contributed by atoms with Gasteiger partial charge in [0.1, 0.15) is 28.7 Å². The topological polar surface area (TPSA) is 109 Å². The van der Waals surface area contributed by atoms with Crippen LogP contribution in [0, 0.1) is 11.6 Å². The Morgan fingerprint density at radius 2 is 1.77 bits per heavy atom. The third kappa shape index (κ3) is 5.28. The minimum absolute atomic E-state index is 0.0342. The number of anilines is 1. The number of benzene rings is 1. The van der Waals surface area contributed by atoms with Crippen LogP contribution in [-0.2, 0) is 12.1 Å². The SMILES string of the molecule is CCn1cc(-c2nc3cnc(C(C)(O)C(C)(C)O)cc3nc2N2CCC(Oc3ccc(F)cc3F)CC2)cn1. The van der Waals surface area contributed by atoms with Gasteiger partial charge in [0.25, 0.3) is 0 Å². The van der Waals surface area contributed by atoms with Crippen molar-refractivity contribution in [2.75, 3.05) is 18.0 Å². The molecule has 11 heteroatoms. The standard InChI is InChI=1S/C28H32F2N6O3/c1-5-36-16-17(14-32-36)25-26(34-21-13-24(31-15-22(21)33-25)28(4,38)27(2,3)37)35-10-8-19(9-11-35)39-23-7-6-18(29)12-20(23)30/h6-7,12-16,19,37-38H,5,8-11H2,1-4H3. The molecule has 1 fully saturated rings. The molecule has 0 spiro atoms. The molecule has 2 N–H and O–H groups in total. The zero-order valence-electron chi connectivity index (χ0n) is 22.4. The van der Waals surface area contributed by atoms with Gasteiger partial charge in [-0.05, 0) is 45.9 Å². The lowest BCUT2D eigenvalue weighted by Gasteiger charge is -2.35. The minimum Gasteiger partial charge on any atom is -0.487 e. The zero-order chi connectivity index (χ0) is 27.9. The summed E-state index contributed by atoms with van der Waals surface area (Å²) >= 11 is 0. The highest BCUT2D eigenvalue weighted by Crippen LogP contribution is 2.35. The van der Waals surface area contributed by atoms with Crippen LogP contribution in [0.4, 0.5) is 14.6 Å². The van der Waals surface area contributed by atoms with E-state index in [2.05, 4.69) is 15.0 Å². The van der Waals surface area contributed by atoms with E-state index in [1.54, 1.807) is 18.5 Å². The minimum atomic E-state index is -1.62. The van der Waals surface area contributed by atoms with Crippen molar-refractivity contribution in [2.24, 2.45) is 0 Å². The van der Waals surface area contributed by atoms with Gasteiger partial charge in [0.15, 0.2) is 17.4 Å². The van der Waals surface area contributed by atoms with E-state index in [0.717, 1.165) is 11.6 Å². The van der Waals surface area contributed by atoms with Gasteiger partial charge < -0.3 is 19.8 Å². The fourth-order valence-corrected chi connectivity index (χ4v) is 4.54. The fourth-order valence-electron chi connectivity index (χ4n) is 4.54. The lowest BCUT2D eigenvalue weighted by atomic mass is 9.84. The molecule has 1 unspecified atom stereocenters. The normalized spacial score (nSPS) is 16.5. The lowest BCUT2D eigenvalue weighted by molar-refractivity contribution is -0.127. The molecule has 0 bridgehead atoms. The Hall–Kier alpha value is -3.70. The van der Waals surface area contributed by atoms with Crippen molar-refractivity contribution < 1.29 is 23.7 Å². The highest BCUT2D eigenvalue weighted by Gasteiger charge is 2.41. The molecule has 1 aliphatic heterocycles. The van der Waals surface area contributed by atoms with Gasteiger partial charge in [0.2, 0.25) is 0 Å². The average Bonchev–Trinajstić information content (AvgIpc) is 3.38. The number of nitrogens with zero attached hydrogens (tertiary/aromatic N) is 6. The van der Waals surface area contributed by atoms with Crippen molar-refractivity contribution in [3.8, 4) is 17.0 Å². The van der Waals surface area contributed by atoms with Gasteiger partial charge in [0.05, 0.1) is 29.2 Å². The molecule has 1 saturated heterocycles. The van der Waals surface area contributed by atoms with E-state index in [9.17, 15) is 19.0 Å². The summed E-state index contributed by atoms with van der Waals surface area (Å²) in [5, 5.41) is 25.9. The molecule has 4 aromatic rings. The van der Waals surface area contributed by atoms with Crippen LogP contribution in [0.5, 0.6) is 5.75 Å².